The third-order valence-electron chi connectivity index (χ3n) is 2.64. The monoisotopic (exact) mass is 156 g/mol. The second-order valence-electron chi connectivity index (χ2n) is 3.58. The summed E-state index contributed by atoms with van der Waals surface area (Å²) in [4.78, 5) is 0. The van der Waals surface area contributed by atoms with Gasteiger partial charge in [-0.05, 0) is 12.8 Å². The smallest absolute Gasteiger partial charge is 0.0301 e. The maximum atomic E-state index is 5.65. The van der Waals surface area contributed by atoms with Crippen molar-refractivity contribution < 1.29 is 0 Å². The Labute approximate surface area is 67.3 Å². The molecule has 0 spiro atoms. The number of nitrogens with two attached hydrogens (primary N) is 1. The van der Waals surface area contributed by atoms with Gasteiger partial charge in [0.1, 0.15) is 0 Å². The maximum Gasteiger partial charge on any atom is 0.0301 e. The summed E-state index contributed by atoms with van der Waals surface area (Å²) in [6.07, 6.45) is 2.63. The first kappa shape index (κ1) is 7.49. The number of nitrogens with one attached hydrogen (secondary N) is 1. The van der Waals surface area contributed by atoms with Gasteiger partial charge in [-0.2, -0.15) is 5.12 Å². The molecule has 11 heavy (non-hydrogen) atoms. The van der Waals surface area contributed by atoms with Crippen molar-refractivity contribution in [1.29, 1.82) is 0 Å². The van der Waals surface area contributed by atoms with Crippen molar-refractivity contribution in [2.75, 3.05) is 20.1 Å². The molecule has 0 aromatic heterocycles. The van der Waals surface area contributed by atoms with Crippen LogP contribution in [0.5, 0.6) is 0 Å². The summed E-state index contributed by atoms with van der Waals surface area (Å²) in [5.41, 5.74) is 0. The van der Waals surface area contributed by atoms with Crippen molar-refractivity contribution in [1.82, 2.24) is 15.4 Å². The Balaban J connectivity index is 1.97. The van der Waals surface area contributed by atoms with Crippen molar-refractivity contribution in [2.45, 2.75) is 24.9 Å². The molecule has 0 aromatic carbocycles. The van der Waals surface area contributed by atoms with Crippen LogP contribution in [0.15, 0.2) is 0 Å². The summed E-state index contributed by atoms with van der Waals surface area (Å²) in [7, 11) is 1.91. The molecule has 2 rings (SSSR count). The van der Waals surface area contributed by atoms with Crippen LogP contribution in [-0.4, -0.2) is 42.3 Å². The standard InChI is InChI=1S/C7H16N4/c1-10(8)11-4-6-2-3-7(5-11)9-6/h6-7,9H,2-5,8H2,1H3. The van der Waals surface area contributed by atoms with Crippen LogP contribution in [-0.2, 0) is 0 Å². The minimum atomic E-state index is 0.680. The molecular weight excluding hydrogens is 140 g/mol. The summed E-state index contributed by atoms with van der Waals surface area (Å²) in [6.45, 7) is 2.15. The topological polar surface area (TPSA) is 44.5 Å². The first-order valence-corrected chi connectivity index (χ1v) is 4.25. The lowest BCUT2D eigenvalue weighted by Gasteiger charge is -2.36. The number of hydrogen-bond donors (Lipinski definition) is 2. The van der Waals surface area contributed by atoms with E-state index in [1.165, 1.54) is 12.8 Å². The molecule has 2 heterocycles. The molecule has 2 atom stereocenters. The van der Waals surface area contributed by atoms with E-state index in [-0.39, 0.29) is 0 Å². The Morgan fingerprint density at radius 1 is 1.36 bits per heavy atom. The predicted molar refractivity (Wildman–Crippen MR) is 43.5 cm³/mol. The number of piperazine rings is 1. The van der Waals surface area contributed by atoms with E-state index < -0.39 is 0 Å². The highest BCUT2D eigenvalue weighted by Crippen LogP contribution is 2.19. The average Bonchev–Trinajstić information content (AvgIpc) is 2.30. The largest absolute Gasteiger partial charge is 0.309 e. The van der Waals surface area contributed by atoms with Crippen LogP contribution < -0.4 is 11.2 Å². The molecule has 0 aromatic rings. The molecule has 0 saturated carbocycles. The normalized spacial score (nSPS) is 38.5. The molecule has 4 heteroatoms. The molecule has 64 valence electrons. The molecule has 2 aliphatic rings. The second kappa shape index (κ2) is 2.71. The minimum absolute atomic E-state index is 0.680. The van der Waals surface area contributed by atoms with Gasteiger partial charge in [0, 0.05) is 32.2 Å². The molecule has 2 aliphatic heterocycles. The predicted octanol–water partition coefficient (Wildman–Crippen LogP) is -0.857. The molecule has 3 N–H and O–H groups in total. The van der Waals surface area contributed by atoms with Crippen molar-refractivity contribution in [3.63, 3.8) is 0 Å². The van der Waals surface area contributed by atoms with Crippen LogP contribution in [0.1, 0.15) is 12.8 Å². The molecule has 2 unspecified atom stereocenters. The van der Waals surface area contributed by atoms with Gasteiger partial charge in [0.25, 0.3) is 0 Å². The third kappa shape index (κ3) is 1.39. The highest BCUT2D eigenvalue weighted by molar-refractivity contribution is 4.91. The molecular formula is C7H16N4. The van der Waals surface area contributed by atoms with Gasteiger partial charge < -0.3 is 5.32 Å². The highest BCUT2D eigenvalue weighted by atomic mass is 15.7. The van der Waals surface area contributed by atoms with Gasteiger partial charge >= 0.3 is 0 Å². The van der Waals surface area contributed by atoms with Crippen LogP contribution in [0, 0.1) is 0 Å². The van der Waals surface area contributed by atoms with Crippen LogP contribution in [0.3, 0.4) is 0 Å². The van der Waals surface area contributed by atoms with Crippen LogP contribution in [0.25, 0.3) is 0 Å². The van der Waals surface area contributed by atoms with E-state index in [0.717, 1.165) is 13.1 Å². The lowest BCUT2D eigenvalue weighted by Crippen LogP contribution is -2.58. The average molecular weight is 156 g/mol. The van der Waals surface area contributed by atoms with E-state index in [9.17, 15) is 0 Å². The first-order valence-electron chi connectivity index (χ1n) is 4.25. The van der Waals surface area contributed by atoms with Crippen molar-refractivity contribution in [2.24, 2.45) is 5.84 Å². The van der Waals surface area contributed by atoms with Crippen LogP contribution in [0.4, 0.5) is 0 Å². The maximum absolute atomic E-state index is 5.65. The van der Waals surface area contributed by atoms with E-state index >= 15 is 0 Å². The Morgan fingerprint density at radius 3 is 2.36 bits per heavy atom. The Kier molecular flexibility index (Phi) is 1.85. The van der Waals surface area contributed by atoms with E-state index in [4.69, 9.17) is 5.84 Å². The lowest BCUT2D eigenvalue weighted by atomic mass is 10.2. The van der Waals surface area contributed by atoms with E-state index in [2.05, 4.69) is 10.3 Å². The van der Waals surface area contributed by atoms with Gasteiger partial charge in [-0.15, -0.1) is 0 Å². The molecule has 0 radical (unpaired) electrons. The SMILES string of the molecule is CN(N)N1CC2CCC(C1)N2. The number of hydrogen-bond acceptors (Lipinski definition) is 4. The number of fused-ring (bicyclic) bond motifs is 2. The quantitative estimate of drug-likeness (QED) is 0.383. The fourth-order valence-electron chi connectivity index (χ4n) is 2.03. The van der Waals surface area contributed by atoms with Gasteiger partial charge in [0.2, 0.25) is 0 Å². The minimum Gasteiger partial charge on any atom is -0.309 e. The van der Waals surface area contributed by atoms with E-state index in [0.29, 0.717) is 12.1 Å². The highest BCUT2D eigenvalue weighted by Gasteiger charge is 2.32. The fourth-order valence-corrected chi connectivity index (χ4v) is 2.03. The van der Waals surface area contributed by atoms with Crippen molar-refractivity contribution in [3.05, 3.63) is 0 Å². The van der Waals surface area contributed by atoms with Gasteiger partial charge in [-0.3, -0.25) is 5.84 Å². The van der Waals surface area contributed by atoms with Gasteiger partial charge in [-0.25, -0.2) is 5.01 Å². The molecule has 4 nitrogen and oxygen atoms in total. The number of hydrazine groups is 2. The Bertz CT molecular complexity index is 135. The molecule has 0 amide bonds. The van der Waals surface area contributed by atoms with Crippen molar-refractivity contribution in [3.8, 4) is 0 Å². The van der Waals surface area contributed by atoms with Gasteiger partial charge in [-0.1, -0.05) is 0 Å². The summed E-state index contributed by atoms with van der Waals surface area (Å²) in [5, 5.41) is 7.47. The first-order chi connectivity index (χ1) is 5.25. The zero-order chi connectivity index (χ0) is 7.84. The fraction of sp³-hybridized carbons (Fsp3) is 1.00. The summed E-state index contributed by atoms with van der Waals surface area (Å²) < 4.78 is 0. The zero-order valence-corrected chi connectivity index (χ0v) is 6.95. The van der Waals surface area contributed by atoms with Crippen molar-refractivity contribution >= 4 is 0 Å². The molecule has 2 fully saturated rings. The summed E-state index contributed by atoms with van der Waals surface area (Å²) >= 11 is 0. The van der Waals surface area contributed by atoms with Crippen LogP contribution in [0.2, 0.25) is 0 Å². The molecule has 2 bridgehead atoms. The van der Waals surface area contributed by atoms with Gasteiger partial charge in [0.05, 0.1) is 0 Å². The molecule has 0 aliphatic carbocycles. The summed E-state index contributed by atoms with van der Waals surface area (Å²) in [6, 6.07) is 1.36. The molecule has 2 saturated heterocycles. The third-order valence-corrected chi connectivity index (χ3v) is 2.64. The number of nitrogens with zero attached hydrogens (tertiary/aromatic N) is 2. The Morgan fingerprint density at radius 2 is 1.91 bits per heavy atom. The van der Waals surface area contributed by atoms with E-state index in [1.54, 1.807) is 5.12 Å². The Hall–Kier alpha value is -0.160. The number of rotatable bonds is 1. The second-order valence-corrected chi connectivity index (χ2v) is 3.58. The summed E-state index contributed by atoms with van der Waals surface area (Å²) in [5.74, 6) is 5.65. The van der Waals surface area contributed by atoms with Gasteiger partial charge in [0.15, 0.2) is 0 Å². The van der Waals surface area contributed by atoms with Crippen LogP contribution >= 0.6 is 0 Å². The zero-order valence-electron chi connectivity index (χ0n) is 6.95. The van der Waals surface area contributed by atoms with E-state index in [1.807, 2.05) is 7.05 Å². The lowest BCUT2D eigenvalue weighted by molar-refractivity contribution is -0.0270.